The first kappa shape index (κ1) is 18.5. The summed E-state index contributed by atoms with van der Waals surface area (Å²) in [7, 11) is 1.27. The quantitative estimate of drug-likeness (QED) is 0.690. The highest BCUT2D eigenvalue weighted by molar-refractivity contribution is 5.73. The van der Waals surface area contributed by atoms with Crippen LogP contribution in [-0.2, 0) is 4.79 Å². The maximum atomic E-state index is 14.4. The number of rotatable bonds is 6. The third kappa shape index (κ3) is 3.79. The number of carboxylic acid groups (broad SMARTS) is 1. The van der Waals surface area contributed by atoms with E-state index < -0.39 is 35.8 Å². The van der Waals surface area contributed by atoms with Crippen molar-refractivity contribution in [3.8, 4) is 16.9 Å². The first-order chi connectivity index (χ1) is 12.9. The number of aliphatic carboxylic acids is 1. The maximum absolute atomic E-state index is 14.4. The number of oxazole rings is 1. The monoisotopic (exact) mass is 377 g/mol. The molecule has 0 aliphatic rings. The number of methoxy groups -OCH3 is 1. The first-order valence-electron chi connectivity index (χ1n) is 7.84. The van der Waals surface area contributed by atoms with Crippen molar-refractivity contribution in [2.24, 2.45) is 0 Å². The summed E-state index contributed by atoms with van der Waals surface area (Å²) in [6.07, 6.45) is 2.17. The molecule has 0 aliphatic heterocycles. The molecule has 1 unspecified atom stereocenters. The number of ether oxygens (including phenoxy) is 1. The van der Waals surface area contributed by atoms with Crippen molar-refractivity contribution in [1.82, 2.24) is 4.98 Å². The zero-order chi connectivity index (χ0) is 19.6. The number of aromatic nitrogens is 1. The number of hydrogen-bond acceptors (Lipinski definition) is 4. The van der Waals surface area contributed by atoms with Gasteiger partial charge in [-0.3, -0.25) is 4.79 Å². The van der Waals surface area contributed by atoms with Crippen LogP contribution in [0.15, 0.2) is 47.2 Å². The molecule has 0 amide bonds. The van der Waals surface area contributed by atoms with Crippen LogP contribution in [0.5, 0.6) is 5.75 Å². The molecule has 2 aromatic carbocycles. The minimum absolute atomic E-state index is 0.000736. The standard InChI is InChI=1S/C19H14F3NO4/c1-26-15-3-2-14(21)18(22)17(15)11-6-10(7-12(20)8-11)13(9-16(24)25)19-23-4-5-27-19/h2-8,13H,9H2,1H3,(H,24,25). The van der Waals surface area contributed by atoms with Crippen LogP contribution in [0.3, 0.4) is 0 Å². The second kappa shape index (κ2) is 7.53. The van der Waals surface area contributed by atoms with Gasteiger partial charge in [0, 0.05) is 0 Å². The van der Waals surface area contributed by atoms with Crippen LogP contribution in [0.4, 0.5) is 13.2 Å². The molecule has 3 rings (SSSR count). The van der Waals surface area contributed by atoms with E-state index in [0.717, 1.165) is 18.2 Å². The van der Waals surface area contributed by atoms with Crippen LogP contribution < -0.4 is 4.74 Å². The largest absolute Gasteiger partial charge is 0.496 e. The number of carboxylic acids is 1. The van der Waals surface area contributed by atoms with Gasteiger partial charge in [-0.2, -0.15) is 0 Å². The zero-order valence-electron chi connectivity index (χ0n) is 14.1. The van der Waals surface area contributed by atoms with Gasteiger partial charge in [-0.15, -0.1) is 0 Å². The molecule has 5 nitrogen and oxygen atoms in total. The molecule has 0 saturated heterocycles. The molecule has 1 N–H and O–H groups in total. The Balaban J connectivity index is 2.18. The van der Waals surface area contributed by atoms with E-state index in [1.165, 1.54) is 31.7 Å². The summed E-state index contributed by atoms with van der Waals surface area (Å²) in [5.74, 6) is -5.05. The van der Waals surface area contributed by atoms with E-state index in [1.54, 1.807) is 0 Å². The van der Waals surface area contributed by atoms with E-state index in [9.17, 15) is 18.0 Å². The van der Waals surface area contributed by atoms with Gasteiger partial charge in [-0.1, -0.05) is 0 Å². The Kier molecular flexibility index (Phi) is 5.16. The van der Waals surface area contributed by atoms with Gasteiger partial charge in [0.2, 0.25) is 5.89 Å². The fourth-order valence-electron chi connectivity index (χ4n) is 2.86. The van der Waals surface area contributed by atoms with Crippen LogP contribution in [0.25, 0.3) is 11.1 Å². The lowest BCUT2D eigenvalue weighted by atomic mass is 9.91. The highest BCUT2D eigenvalue weighted by Crippen LogP contribution is 2.37. The molecule has 1 atom stereocenters. The van der Waals surface area contributed by atoms with Crippen molar-refractivity contribution in [3.63, 3.8) is 0 Å². The Morgan fingerprint density at radius 2 is 2.04 bits per heavy atom. The normalized spacial score (nSPS) is 12.0. The molecule has 3 aromatic rings. The third-order valence-corrected chi connectivity index (χ3v) is 4.02. The molecule has 1 aromatic heterocycles. The average Bonchev–Trinajstić information content (AvgIpc) is 3.15. The molecule has 1 heterocycles. The molecule has 0 fully saturated rings. The molecule has 0 saturated carbocycles. The number of carbonyl (C=O) groups is 1. The molecular formula is C19H14F3NO4. The predicted octanol–water partition coefficient (Wildman–Crippen LogP) is 4.37. The van der Waals surface area contributed by atoms with Gasteiger partial charge in [0.1, 0.15) is 17.8 Å². The molecule has 0 radical (unpaired) electrons. The molecule has 0 bridgehead atoms. The molecular weight excluding hydrogens is 363 g/mol. The van der Waals surface area contributed by atoms with Gasteiger partial charge in [0.05, 0.1) is 31.2 Å². The molecule has 0 aliphatic carbocycles. The van der Waals surface area contributed by atoms with Crippen molar-refractivity contribution in [2.75, 3.05) is 7.11 Å². The van der Waals surface area contributed by atoms with Gasteiger partial charge in [0.25, 0.3) is 0 Å². The Hall–Kier alpha value is -3.29. The number of nitrogens with zero attached hydrogens (tertiary/aromatic N) is 1. The summed E-state index contributed by atoms with van der Waals surface area (Å²) >= 11 is 0. The topological polar surface area (TPSA) is 72.6 Å². The molecule has 140 valence electrons. The number of halogens is 3. The lowest BCUT2D eigenvalue weighted by Crippen LogP contribution is -2.09. The Morgan fingerprint density at radius 3 is 2.67 bits per heavy atom. The lowest BCUT2D eigenvalue weighted by Gasteiger charge is -2.15. The van der Waals surface area contributed by atoms with E-state index in [1.807, 2.05) is 0 Å². The van der Waals surface area contributed by atoms with Crippen molar-refractivity contribution < 1.29 is 32.2 Å². The van der Waals surface area contributed by atoms with Crippen molar-refractivity contribution in [2.45, 2.75) is 12.3 Å². The van der Waals surface area contributed by atoms with Crippen molar-refractivity contribution in [1.29, 1.82) is 0 Å². The Bertz CT molecular complexity index is 973. The summed E-state index contributed by atoms with van der Waals surface area (Å²) < 4.78 is 52.6. The maximum Gasteiger partial charge on any atom is 0.304 e. The SMILES string of the molecule is COc1ccc(F)c(F)c1-c1cc(F)cc(C(CC(=O)O)c2ncco2)c1. The van der Waals surface area contributed by atoms with Gasteiger partial charge in [-0.05, 0) is 41.5 Å². The zero-order valence-corrected chi connectivity index (χ0v) is 14.1. The summed E-state index contributed by atoms with van der Waals surface area (Å²) in [5, 5.41) is 9.17. The van der Waals surface area contributed by atoms with Crippen LogP contribution >= 0.6 is 0 Å². The van der Waals surface area contributed by atoms with Crippen molar-refractivity contribution in [3.05, 3.63) is 71.7 Å². The van der Waals surface area contributed by atoms with E-state index >= 15 is 0 Å². The summed E-state index contributed by atoms with van der Waals surface area (Å²) in [4.78, 5) is 15.2. The highest BCUT2D eigenvalue weighted by Gasteiger charge is 2.25. The fourth-order valence-corrected chi connectivity index (χ4v) is 2.86. The second-order valence-electron chi connectivity index (χ2n) is 5.73. The summed E-state index contributed by atoms with van der Waals surface area (Å²) in [5.41, 5.74) is -0.0684. The average molecular weight is 377 g/mol. The molecule has 8 heteroatoms. The minimum atomic E-state index is -1.20. The molecule has 0 spiro atoms. The Morgan fingerprint density at radius 1 is 1.26 bits per heavy atom. The van der Waals surface area contributed by atoms with Gasteiger partial charge < -0.3 is 14.3 Å². The van der Waals surface area contributed by atoms with Gasteiger partial charge >= 0.3 is 5.97 Å². The van der Waals surface area contributed by atoms with Crippen LogP contribution in [0, 0.1) is 17.5 Å². The first-order valence-corrected chi connectivity index (χ1v) is 7.84. The third-order valence-electron chi connectivity index (χ3n) is 4.02. The van der Waals surface area contributed by atoms with Crippen LogP contribution in [0.1, 0.15) is 23.8 Å². The van der Waals surface area contributed by atoms with E-state index in [2.05, 4.69) is 4.98 Å². The van der Waals surface area contributed by atoms with E-state index in [4.69, 9.17) is 14.3 Å². The Labute approximate surface area is 152 Å². The summed E-state index contributed by atoms with van der Waals surface area (Å²) in [6.45, 7) is 0. The van der Waals surface area contributed by atoms with Crippen LogP contribution in [-0.4, -0.2) is 23.2 Å². The predicted molar refractivity (Wildman–Crippen MR) is 88.9 cm³/mol. The fraction of sp³-hybridized carbons (Fsp3) is 0.158. The number of hydrogen-bond donors (Lipinski definition) is 1. The van der Waals surface area contributed by atoms with E-state index in [0.29, 0.717) is 0 Å². The minimum Gasteiger partial charge on any atom is -0.496 e. The highest BCUT2D eigenvalue weighted by atomic mass is 19.2. The van der Waals surface area contributed by atoms with Crippen LogP contribution in [0.2, 0.25) is 0 Å². The smallest absolute Gasteiger partial charge is 0.304 e. The van der Waals surface area contributed by atoms with Crippen molar-refractivity contribution >= 4 is 5.97 Å². The van der Waals surface area contributed by atoms with E-state index in [-0.39, 0.29) is 28.3 Å². The lowest BCUT2D eigenvalue weighted by molar-refractivity contribution is -0.137. The molecule has 27 heavy (non-hydrogen) atoms. The summed E-state index contributed by atoms with van der Waals surface area (Å²) in [6, 6.07) is 5.60. The number of benzene rings is 2. The van der Waals surface area contributed by atoms with Gasteiger partial charge in [-0.25, -0.2) is 18.2 Å². The van der Waals surface area contributed by atoms with Gasteiger partial charge in [0.15, 0.2) is 11.6 Å². The second-order valence-corrected chi connectivity index (χ2v) is 5.73.